The van der Waals surface area contributed by atoms with Crippen LogP contribution in [-0.4, -0.2) is 38.1 Å². The molecular formula is C29H42N2O4. The van der Waals surface area contributed by atoms with Gasteiger partial charge in [-0.1, -0.05) is 76.6 Å². The van der Waals surface area contributed by atoms with Crippen molar-refractivity contribution in [3.05, 3.63) is 59.7 Å². The SMILES string of the molecule is CCCCCCOc1ccccc1C(=O)NCCCNC(=O)c1ccccc1OCCCCCC. The summed E-state index contributed by atoms with van der Waals surface area (Å²) in [7, 11) is 0. The minimum Gasteiger partial charge on any atom is -0.493 e. The molecule has 2 N–H and O–H groups in total. The van der Waals surface area contributed by atoms with Crippen LogP contribution in [0.2, 0.25) is 0 Å². The van der Waals surface area contributed by atoms with E-state index in [1.54, 1.807) is 12.1 Å². The molecule has 192 valence electrons. The van der Waals surface area contributed by atoms with Crippen molar-refractivity contribution in [2.24, 2.45) is 0 Å². The van der Waals surface area contributed by atoms with Crippen LogP contribution < -0.4 is 20.1 Å². The highest BCUT2D eigenvalue weighted by atomic mass is 16.5. The first kappa shape index (κ1) is 28.2. The van der Waals surface area contributed by atoms with Crippen molar-refractivity contribution in [3.8, 4) is 11.5 Å². The molecule has 0 heterocycles. The second kappa shape index (κ2) is 17.4. The van der Waals surface area contributed by atoms with E-state index >= 15 is 0 Å². The molecule has 0 radical (unpaired) electrons. The molecule has 0 saturated heterocycles. The fraction of sp³-hybridized carbons (Fsp3) is 0.517. The molecule has 0 aliphatic heterocycles. The Morgan fingerprint density at radius 2 is 1.03 bits per heavy atom. The number of rotatable bonds is 18. The van der Waals surface area contributed by atoms with Gasteiger partial charge in [0, 0.05) is 13.1 Å². The van der Waals surface area contributed by atoms with Crippen molar-refractivity contribution in [3.63, 3.8) is 0 Å². The van der Waals surface area contributed by atoms with Gasteiger partial charge in [-0.05, 0) is 43.5 Å². The maximum atomic E-state index is 12.6. The third-order valence-electron chi connectivity index (χ3n) is 5.70. The van der Waals surface area contributed by atoms with E-state index in [9.17, 15) is 9.59 Å². The summed E-state index contributed by atoms with van der Waals surface area (Å²) in [6.07, 6.45) is 9.60. The van der Waals surface area contributed by atoms with Crippen LogP contribution >= 0.6 is 0 Å². The Morgan fingerprint density at radius 3 is 1.46 bits per heavy atom. The van der Waals surface area contributed by atoms with Crippen molar-refractivity contribution in [1.82, 2.24) is 10.6 Å². The maximum absolute atomic E-state index is 12.6. The Balaban J connectivity index is 1.72. The first-order valence-electron chi connectivity index (χ1n) is 13.2. The van der Waals surface area contributed by atoms with E-state index in [0.29, 0.717) is 55.4 Å². The Hall–Kier alpha value is -3.02. The topological polar surface area (TPSA) is 76.7 Å². The van der Waals surface area contributed by atoms with Gasteiger partial charge < -0.3 is 20.1 Å². The molecule has 6 heteroatoms. The lowest BCUT2D eigenvalue weighted by Gasteiger charge is -2.13. The molecule has 0 aliphatic carbocycles. The molecule has 0 spiro atoms. The molecule has 0 aromatic heterocycles. The van der Waals surface area contributed by atoms with Crippen LogP contribution in [0.1, 0.15) is 92.4 Å². The van der Waals surface area contributed by atoms with Gasteiger partial charge in [-0.3, -0.25) is 9.59 Å². The molecular weight excluding hydrogens is 440 g/mol. The number of para-hydroxylation sites is 2. The summed E-state index contributed by atoms with van der Waals surface area (Å²) in [4.78, 5) is 25.3. The highest BCUT2D eigenvalue weighted by Crippen LogP contribution is 2.19. The van der Waals surface area contributed by atoms with Gasteiger partial charge in [0.1, 0.15) is 11.5 Å². The number of hydrogen-bond donors (Lipinski definition) is 2. The van der Waals surface area contributed by atoms with Gasteiger partial charge in [0.05, 0.1) is 24.3 Å². The Kier molecular flexibility index (Phi) is 14.0. The Labute approximate surface area is 210 Å². The number of amides is 2. The zero-order chi connectivity index (χ0) is 25.1. The predicted octanol–water partition coefficient (Wildman–Crippen LogP) is 6.15. The van der Waals surface area contributed by atoms with Gasteiger partial charge >= 0.3 is 0 Å². The summed E-state index contributed by atoms with van der Waals surface area (Å²) in [6, 6.07) is 14.6. The van der Waals surface area contributed by atoms with E-state index in [0.717, 1.165) is 25.7 Å². The zero-order valence-electron chi connectivity index (χ0n) is 21.4. The minimum absolute atomic E-state index is 0.165. The molecule has 0 atom stereocenters. The van der Waals surface area contributed by atoms with Gasteiger partial charge in [0.2, 0.25) is 0 Å². The highest BCUT2D eigenvalue weighted by molar-refractivity contribution is 5.97. The number of carbonyl (C=O) groups is 2. The zero-order valence-corrected chi connectivity index (χ0v) is 21.4. The van der Waals surface area contributed by atoms with E-state index in [-0.39, 0.29) is 11.8 Å². The van der Waals surface area contributed by atoms with E-state index in [1.165, 1.54) is 25.7 Å². The standard InChI is InChI=1S/C29H42N2O4/c1-3-5-7-13-22-34-26-18-11-9-16-24(26)28(32)30-20-15-21-31-29(33)25-17-10-12-19-27(25)35-23-14-8-6-4-2/h9-12,16-19H,3-8,13-15,20-23H2,1-2H3,(H,30,32)(H,31,33). The van der Waals surface area contributed by atoms with E-state index in [2.05, 4.69) is 24.5 Å². The normalized spacial score (nSPS) is 10.6. The third-order valence-corrected chi connectivity index (χ3v) is 5.70. The van der Waals surface area contributed by atoms with Crippen molar-refractivity contribution >= 4 is 11.8 Å². The Bertz CT molecular complexity index is 813. The van der Waals surface area contributed by atoms with Crippen molar-refractivity contribution in [1.29, 1.82) is 0 Å². The average molecular weight is 483 g/mol. The van der Waals surface area contributed by atoms with Crippen LogP contribution in [0.3, 0.4) is 0 Å². The first-order chi connectivity index (χ1) is 17.2. The summed E-state index contributed by atoms with van der Waals surface area (Å²) in [6.45, 7) is 6.49. The molecule has 0 bridgehead atoms. The summed E-state index contributed by atoms with van der Waals surface area (Å²) >= 11 is 0. The third kappa shape index (κ3) is 10.8. The van der Waals surface area contributed by atoms with Crippen LogP contribution in [0, 0.1) is 0 Å². The lowest BCUT2D eigenvalue weighted by Crippen LogP contribution is -2.30. The van der Waals surface area contributed by atoms with Gasteiger partial charge in [-0.15, -0.1) is 0 Å². The van der Waals surface area contributed by atoms with Crippen LogP contribution in [-0.2, 0) is 0 Å². The largest absolute Gasteiger partial charge is 0.493 e. The smallest absolute Gasteiger partial charge is 0.255 e. The van der Waals surface area contributed by atoms with Crippen molar-refractivity contribution in [2.75, 3.05) is 26.3 Å². The summed E-state index contributed by atoms with van der Waals surface area (Å²) in [5, 5.41) is 5.85. The van der Waals surface area contributed by atoms with Crippen LogP contribution in [0.5, 0.6) is 11.5 Å². The first-order valence-corrected chi connectivity index (χ1v) is 13.2. The second-order valence-corrected chi connectivity index (χ2v) is 8.68. The number of unbranched alkanes of at least 4 members (excludes halogenated alkanes) is 6. The van der Waals surface area contributed by atoms with Gasteiger partial charge in [0.15, 0.2) is 0 Å². The molecule has 2 aromatic carbocycles. The molecule has 2 aromatic rings. The number of ether oxygens (including phenoxy) is 2. The van der Waals surface area contributed by atoms with Crippen molar-refractivity contribution in [2.45, 2.75) is 71.6 Å². The molecule has 35 heavy (non-hydrogen) atoms. The lowest BCUT2D eigenvalue weighted by atomic mass is 10.1. The molecule has 6 nitrogen and oxygen atoms in total. The van der Waals surface area contributed by atoms with Gasteiger partial charge in [0.25, 0.3) is 11.8 Å². The summed E-state index contributed by atoms with van der Waals surface area (Å²) in [5.41, 5.74) is 1.08. The second-order valence-electron chi connectivity index (χ2n) is 8.68. The van der Waals surface area contributed by atoms with Crippen molar-refractivity contribution < 1.29 is 19.1 Å². The van der Waals surface area contributed by atoms with E-state index < -0.39 is 0 Å². The van der Waals surface area contributed by atoms with Crippen LogP contribution in [0.15, 0.2) is 48.5 Å². The monoisotopic (exact) mass is 482 g/mol. The number of carbonyl (C=O) groups excluding carboxylic acids is 2. The molecule has 0 saturated carbocycles. The number of nitrogens with one attached hydrogen (secondary N) is 2. The molecule has 0 aliphatic rings. The predicted molar refractivity (Wildman–Crippen MR) is 141 cm³/mol. The van der Waals surface area contributed by atoms with E-state index in [1.807, 2.05) is 36.4 Å². The van der Waals surface area contributed by atoms with Crippen LogP contribution in [0.4, 0.5) is 0 Å². The lowest BCUT2D eigenvalue weighted by molar-refractivity contribution is 0.0948. The van der Waals surface area contributed by atoms with Gasteiger partial charge in [-0.2, -0.15) is 0 Å². The quantitative estimate of drug-likeness (QED) is 0.250. The number of hydrogen-bond acceptors (Lipinski definition) is 4. The Morgan fingerprint density at radius 1 is 0.600 bits per heavy atom. The number of benzene rings is 2. The molecule has 0 fully saturated rings. The summed E-state index contributed by atoms with van der Waals surface area (Å²) in [5.74, 6) is 0.895. The molecule has 0 unspecified atom stereocenters. The maximum Gasteiger partial charge on any atom is 0.255 e. The van der Waals surface area contributed by atoms with Gasteiger partial charge in [-0.25, -0.2) is 0 Å². The average Bonchev–Trinajstić information content (AvgIpc) is 2.88. The summed E-state index contributed by atoms with van der Waals surface area (Å²) < 4.78 is 11.7. The highest BCUT2D eigenvalue weighted by Gasteiger charge is 2.13. The molecule has 2 rings (SSSR count). The van der Waals surface area contributed by atoms with Crippen LogP contribution in [0.25, 0.3) is 0 Å². The van der Waals surface area contributed by atoms with E-state index in [4.69, 9.17) is 9.47 Å². The molecule has 2 amide bonds. The minimum atomic E-state index is -0.165. The fourth-order valence-electron chi connectivity index (χ4n) is 3.66. The fourth-order valence-corrected chi connectivity index (χ4v) is 3.66.